The molecule has 0 spiro atoms. The van der Waals surface area contributed by atoms with E-state index in [1.165, 1.54) is 0 Å². The van der Waals surface area contributed by atoms with Crippen LogP contribution in [0.25, 0.3) is 21.8 Å². The minimum absolute atomic E-state index is 0. The summed E-state index contributed by atoms with van der Waals surface area (Å²) in [5.41, 5.74) is 14.7. The van der Waals surface area contributed by atoms with E-state index in [9.17, 15) is 0 Å². The third kappa shape index (κ3) is 2.52. The Hall–Kier alpha value is -1.74. The molecule has 2 aromatic heterocycles. The molecular formula is C14H16N4Rh. The van der Waals surface area contributed by atoms with Crippen molar-refractivity contribution in [3.8, 4) is 0 Å². The Labute approximate surface area is 126 Å². The van der Waals surface area contributed by atoms with E-state index in [4.69, 9.17) is 11.5 Å². The van der Waals surface area contributed by atoms with Crippen LogP contribution in [0.15, 0.2) is 36.7 Å². The van der Waals surface area contributed by atoms with Crippen LogP contribution in [-0.2, 0) is 19.5 Å². The molecule has 0 unspecified atom stereocenters. The minimum atomic E-state index is 0. The van der Waals surface area contributed by atoms with Crippen LogP contribution in [0, 0.1) is 14.9 Å². The van der Waals surface area contributed by atoms with Gasteiger partial charge in [0.25, 0.3) is 0 Å². The van der Waals surface area contributed by atoms with Gasteiger partial charge >= 0.3 is 19.5 Å². The Bertz CT molecular complexity index is 637. The molecule has 3 aromatic rings. The van der Waals surface area contributed by atoms with Crippen LogP contribution < -0.4 is 11.5 Å². The van der Waals surface area contributed by atoms with Crippen molar-refractivity contribution < 1.29 is 19.5 Å². The van der Waals surface area contributed by atoms with Gasteiger partial charge in [-0.15, -0.1) is 0 Å². The molecule has 19 heavy (non-hydrogen) atoms. The van der Waals surface area contributed by atoms with Gasteiger partial charge in [-0.3, -0.25) is 9.97 Å². The molecule has 4 N–H and O–H groups in total. The molecule has 2 heterocycles. The maximum atomic E-state index is 5.99. The molecule has 4 nitrogen and oxygen atoms in total. The zero-order valence-electron chi connectivity index (χ0n) is 10.8. The van der Waals surface area contributed by atoms with E-state index in [1.807, 2.05) is 24.3 Å². The number of anilines is 2. The minimum Gasteiger partial charge on any atom is -0.396 e. The Balaban J connectivity index is 0.00000108. The molecule has 0 bridgehead atoms. The summed E-state index contributed by atoms with van der Waals surface area (Å²) in [5.74, 6) is 0. The summed E-state index contributed by atoms with van der Waals surface area (Å²) >= 11 is 0. The van der Waals surface area contributed by atoms with Crippen LogP contribution in [0.4, 0.5) is 11.4 Å². The second-order valence-electron chi connectivity index (χ2n) is 3.63. The molecule has 0 atom stereocenters. The molecule has 0 aliphatic heterocycles. The van der Waals surface area contributed by atoms with E-state index < -0.39 is 0 Å². The number of hydrogen-bond acceptors (Lipinski definition) is 4. The van der Waals surface area contributed by atoms with Crippen molar-refractivity contribution in [1.82, 2.24) is 9.97 Å². The molecule has 101 valence electrons. The first-order chi connectivity index (χ1) is 7.79. The standard InChI is InChI=1S/C12H10N4.2CH3.Rh/c13-9-7-3-1-5-15-11(7)12-8(10(9)14)4-2-6-16-12;;;/h1-6H,13-14H2;2*1H3;/q;2*-1;+2. The molecule has 0 saturated carbocycles. The third-order valence-electron chi connectivity index (χ3n) is 2.71. The molecule has 1 radical (unpaired) electrons. The van der Waals surface area contributed by atoms with Gasteiger partial charge in [-0.1, -0.05) is 0 Å². The number of pyridine rings is 2. The van der Waals surface area contributed by atoms with Crippen molar-refractivity contribution in [3.05, 3.63) is 51.5 Å². The fourth-order valence-corrected chi connectivity index (χ4v) is 1.91. The monoisotopic (exact) mass is 343 g/mol. The zero-order chi connectivity index (χ0) is 11.1. The first kappa shape index (κ1) is 17.3. The number of aromatic nitrogens is 2. The average molecular weight is 343 g/mol. The molecule has 5 heteroatoms. The summed E-state index contributed by atoms with van der Waals surface area (Å²) in [6.07, 6.45) is 3.46. The van der Waals surface area contributed by atoms with Crippen molar-refractivity contribution in [2.45, 2.75) is 0 Å². The molecule has 0 saturated heterocycles. The summed E-state index contributed by atoms with van der Waals surface area (Å²) < 4.78 is 0. The SMILES string of the molecule is Nc1c(N)c2cccnc2c2ncccc12.[CH3-].[CH3-].[Rh+2]. The first-order valence-electron chi connectivity index (χ1n) is 4.95. The van der Waals surface area contributed by atoms with E-state index in [0.717, 1.165) is 21.8 Å². The largest absolute Gasteiger partial charge is 2.00 e. The normalized spacial score (nSPS) is 9.26. The molecular weight excluding hydrogens is 327 g/mol. The van der Waals surface area contributed by atoms with E-state index in [2.05, 4.69) is 9.97 Å². The van der Waals surface area contributed by atoms with Crippen molar-refractivity contribution in [1.29, 1.82) is 0 Å². The fraction of sp³-hybridized carbons (Fsp3) is 0. The second-order valence-corrected chi connectivity index (χ2v) is 3.63. The number of nitrogens with two attached hydrogens (primary N) is 2. The first-order valence-corrected chi connectivity index (χ1v) is 4.95. The average Bonchev–Trinajstić information content (AvgIpc) is 2.36. The van der Waals surface area contributed by atoms with Crippen molar-refractivity contribution in [3.63, 3.8) is 0 Å². The van der Waals surface area contributed by atoms with Crippen LogP contribution in [0.3, 0.4) is 0 Å². The van der Waals surface area contributed by atoms with Gasteiger partial charge in [0, 0.05) is 23.2 Å². The maximum Gasteiger partial charge on any atom is 2.00 e. The van der Waals surface area contributed by atoms with Crippen LogP contribution in [0.1, 0.15) is 0 Å². The quantitative estimate of drug-likeness (QED) is 0.216. The van der Waals surface area contributed by atoms with Gasteiger partial charge in [-0.2, -0.15) is 0 Å². The van der Waals surface area contributed by atoms with E-state index in [-0.39, 0.29) is 34.3 Å². The van der Waals surface area contributed by atoms with Gasteiger partial charge in [0.05, 0.1) is 22.4 Å². The van der Waals surface area contributed by atoms with Gasteiger partial charge < -0.3 is 26.3 Å². The van der Waals surface area contributed by atoms with Crippen LogP contribution in [0.5, 0.6) is 0 Å². The van der Waals surface area contributed by atoms with Gasteiger partial charge in [-0.05, 0) is 24.3 Å². The predicted octanol–water partition coefficient (Wildman–Crippen LogP) is 2.85. The van der Waals surface area contributed by atoms with Crippen LogP contribution in [0.2, 0.25) is 0 Å². The smallest absolute Gasteiger partial charge is 0.396 e. The fourth-order valence-electron chi connectivity index (χ4n) is 1.91. The van der Waals surface area contributed by atoms with Gasteiger partial charge in [-0.25, -0.2) is 0 Å². The Kier molecular flexibility index (Phi) is 5.85. The molecule has 0 aliphatic rings. The summed E-state index contributed by atoms with van der Waals surface area (Å²) in [4.78, 5) is 8.63. The number of hydrogen-bond donors (Lipinski definition) is 2. The Morgan fingerprint density at radius 1 is 0.737 bits per heavy atom. The Morgan fingerprint density at radius 3 is 1.47 bits per heavy atom. The molecule has 3 rings (SSSR count). The van der Waals surface area contributed by atoms with E-state index >= 15 is 0 Å². The topological polar surface area (TPSA) is 77.8 Å². The number of fused-ring (bicyclic) bond motifs is 3. The molecule has 0 fully saturated rings. The van der Waals surface area contributed by atoms with Crippen molar-refractivity contribution in [2.24, 2.45) is 0 Å². The summed E-state index contributed by atoms with van der Waals surface area (Å²) in [5, 5.41) is 1.71. The summed E-state index contributed by atoms with van der Waals surface area (Å²) in [6, 6.07) is 7.49. The van der Waals surface area contributed by atoms with Crippen LogP contribution in [-0.4, -0.2) is 9.97 Å². The van der Waals surface area contributed by atoms with Crippen LogP contribution >= 0.6 is 0 Å². The van der Waals surface area contributed by atoms with E-state index in [1.54, 1.807) is 12.4 Å². The number of benzene rings is 1. The maximum absolute atomic E-state index is 5.99. The summed E-state index contributed by atoms with van der Waals surface area (Å²) in [7, 11) is 0. The molecule has 0 aliphatic carbocycles. The predicted molar refractivity (Wildman–Crippen MR) is 78.7 cm³/mol. The second kappa shape index (κ2) is 6.44. The zero-order valence-corrected chi connectivity index (χ0v) is 12.5. The summed E-state index contributed by atoms with van der Waals surface area (Å²) in [6.45, 7) is 0. The number of nitrogen functional groups attached to an aromatic ring is 2. The van der Waals surface area contributed by atoms with Crippen molar-refractivity contribution in [2.75, 3.05) is 11.5 Å². The van der Waals surface area contributed by atoms with E-state index in [0.29, 0.717) is 11.4 Å². The van der Waals surface area contributed by atoms with Gasteiger partial charge in [0.1, 0.15) is 0 Å². The van der Waals surface area contributed by atoms with Crippen molar-refractivity contribution >= 4 is 33.2 Å². The molecule has 1 aromatic carbocycles. The third-order valence-corrected chi connectivity index (χ3v) is 2.71. The number of nitrogens with zero attached hydrogens (tertiary/aromatic N) is 2. The molecule has 0 amide bonds. The van der Waals surface area contributed by atoms with Gasteiger partial charge in [0.2, 0.25) is 0 Å². The van der Waals surface area contributed by atoms with Gasteiger partial charge in [0.15, 0.2) is 0 Å². The Morgan fingerprint density at radius 2 is 1.11 bits per heavy atom. The number of rotatable bonds is 0.